The van der Waals surface area contributed by atoms with Crippen LogP contribution in [0.3, 0.4) is 0 Å². The first kappa shape index (κ1) is 21.6. The molecule has 1 aromatic rings. The van der Waals surface area contributed by atoms with E-state index in [4.69, 9.17) is 9.84 Å². The van der Waals surface area contributed by atoms with Crippen LogP contribution in [0, 0.1) is 11.8 Å². The zero-order chi connectivity index (χ0) is 19.4. The number of carboxylic acid groups (broad SMARTS) is 1. The second-order valence-corrected chi connectivity index (χ2v) is 6.44. The van der Waals surface area contributed by atoms with Crippen molar-refractivity contribution in [1.82, 2.24) is 4.98 Å². The molecule has 5 nitrogen and oxygen atoms in total. The van der Waals surface area contributed by atoms with E-state index in [1.807, 2.05) is 19.1 Å². The summed E-state index contributed by atoms with van der Waals surface area (Å²) >= 11 is 0. The van der Waals surface area contributed by atoms with Gasteiger partial charge in [0.15, 0.2) is 0 Å². The second-order valence-electron chi connectivity index (χ2n) is 6.44. The fourth-order valence-corrected chi connectivity index (χ4v) is 2.43. The van der Waals surface area contributed by atoms with Gasteiger partial charge in [0.1, 0.15) is 6.61 Å². The summed E-state index contributed by atoms with van der Waals surface area (Å²) in [7, 11) is 0. The number of aromatic nitrogens is 1. The maximum atomic E-state index is 12.4. The van der Waals surface area contributed by atoms with E-state index in [1.165, 1.54) is 5.57 Å². The lowest BCUT2D eigenvalue weighted by Gasteiger charge is -2.18. The van der Waals surface area contributed by atoms with Crippen LogP contribution >= 0.6 is 0 Å². The average molecular weight is 359 g/mol. The SMILES string of the molecule is CC/C(C)=C\CC/C=C\C(C)C(CC(=O)O)C(=O)OCc1ccncc1. The van der Waals surface area contributed by atoms with Gasteiger partial charge in [-0.2, -0.15) is 0 Å². The lowest BCUT2D eigenvalue weighted by Crippen LogP contribution is -2.26. The maximum absolute atomic E-state index is 12.4. The molecule has 1 aromatic heterocycles. The number of ether oxygens (including phenoxy) is 1. The van der Waals surface area contributed by atoms with Gasteiger partial charge in [-0.15, -0.1) is 0 Å². The number of hydrogen-bond acceptors (Lipinski definition) is 4. The Labute approximate surface area is 155 Å². The summed E-state index contributed by atoms with van der Waals surface area (Å²) < 4.78 is 5.31. The van der Waals surface area contributed by atoms with Crippen molar-refractivity contribution in [2.75, 3.05) is 0 Å². The Morgan fingerprint density at radius 1 is 1.27 bits per heavy atom. The number of nitrogens with zero attached hydrogens (tertiary/aromatic N) is 1. The highest BCUT2D eigenvalue weighted by atomic mass is 16.5. The number of pyridine rings is 1. The molecule has 0 radical (unpaired) electrons. The fraction of sp³-hybridized carbons (Fsp3) is 0.476. The van der Waals surface area contributed by atoms with Gasteiger partial charge in [0.05, 0.1) is 12.3 Å². The Kier molecular flexibility index (Phi) is 9.98. The molecule has 0 saturated heterocycles. The number of carbonyl (C=O) groups is 2. The van der Waals surface area contributed by atoms with Crippen LogP contribution < -0.4 is 0 Å². The summed E-state index contributed by atoms with van der Waals surface area (Å²) in [5, 5.41) is 9.12. The molecule has 26 heavy (non-hydrogen) atoms. The molecule has 1 heterocycles. The van der Waals surface area contributed by atoms with Gasteiger partial charge in [0.25, 0.3) is 0 Å². The number of hydrogen-bond donors (Lipinski definition) is 1. The first-order chi connectivity index (χ1) is 12.4. The summed E-state index contributed by atoms with van der Waals surface area (Å²) in [6, 6.07) is 3.52. The van der Waals surface area contributed by atoms with Gasteiger partial charge >= 0.3 is 11.9 Å². The summed E-state index contributed by atoms with van der Waals surface area (Å²) in [4.78, 5) is 27.4. The largest absolute Gasteiger partial charge is 0.481 e. The van der Waals surface area contributed by atoms with Crippen molar-refractivity contribution < 1.29 is 19.4 Å². The van der Waals surface area contributed by atoms with E-state index in [0.29, 0.717) is 0 Å². The van der Waals surface area contributed by atoms with Crippen molar-refractivity contribution in [2.45, 2.75) is 53.1 Å². The molecule has 0 bridgehead atoms. The summed E-state index contributed by atoms with van der Waals surface area (Å²) in [5.41, 5.74) is 2.18. The minimum absolute atomic E-state index is 0.120. The van der Waals surface area contributed by atoms with Crippen molar-refractivity contribution in [3.63, 3.8) is 0 Å². The minimum atomic E-state index is -1.00. The first-order valence-corrected chi connectivity index (χ1v) is 9.03. The van der Waals surface area contributed by atoms with Crippen LogP contribution in [-0.4, -0.2) is 22.0 Å². The highest BCUT2D eigenvalue weighted by Crippen LogP contribution is 2.20. The second kappa shape index (κ2) is 12.0. The molecular weight excluding hydrogens is 330 g/mol. The van der Waals surface area contributed by atoms with Crippen molar-refractivity contribution in [3.05, 3.63) is 53.9 Å². The molecule has 0 fully saturated rings. The molecule has 0 aromatic carbocycles. The summed E-state index contributed by atoms with van der Waals surface area (Å²) in [5.74, 6) is -2.38. The fourth-order valence-electron chi connectivity index (χ4n) is 2.43. The Balaban J connectivity index is 2.60. The van der Waals surface area contributed by atoms with Crippen LogP contribution in [0.1, 0.15) is 52.0 Å². The number of aliphatic carboxylic acids is 1. The van der Waals surface area contributed by atoms with Gasteiger partial charge in [-0.05, 0) is 49.8 Å². The molecule has 0 saturated carbocycles. The molecule has 0 amide bonds. The molecule has 0 spiro atoms. The van der Waals surface area contributed by atoms with E-state index in [2.05, 4.69) is 24.9 Å². The third-order valence-corrected chi connectivity index (χ3v) is 4.29. The highest BCUT2D eigenvalue weighted by molar-refractivity contribution is 5.79. The predicted molar refractivity (Wildman–Crippen MR) is 101 cm³/mol. The number of unbranched alkanes of at least 4 members (excludes halogenated alkanes) is 1. The maximum Gasteiger partial charge on any atom is 0.310 e. The lowest BCUT2D eigenvalue weighted by molar-refractivity contribution is -0.155. The van der Waals surface area contributed by atoms with Crippen LogP contribution in [0.2, 0.25) is 0 Å². The molecule has 1 N–H and O–H groups in total. The molecular formula is C21H29NO4. The quantitative estimate of drug-likeness (QED) is 0.356. The van der Waals surface area contributed by atoms with Crippen molar-refractivity contribution >= 4 is 11.9 Å². The van der Waals surface area contributed by atoms with Crippen LogP contribution in [0.25, 0.3) is 0 Å². The van der Waals surface area contributed by atoms with Gasteiger partial charge < -0.3 is 9.84 Å². The molecule has 5 heteroatoms. The average Bonchev–Trinajstić information content (AvgIpc) is 2.64. The lowest BCUT2D eigenvalue weighted by atomic mass is 9.90. The Morgan fingerprint density at radius 3 is 2.58 bits per heavy atom. The monoisotopic (exact) mass is 359 g/mol. The molecule has 1 rings (SSSR count). The van der Waals surface area contributed by atoms with Gasteiger partial charge in [0, 0.05) is 12.4 Å². The van der Waals surface area contributed by atoms with Gasteiger partial charge in [-0.1, -0.05) is 37.6 Å². The molecule has 0 aliphatic rings. The molecule has 2 atom stereocenters. The van der Waals surface area contributed by atoms with Crippen LogP contribution in [0.4, 0.5) is 0 Å². The van der Waals surface area contributed by atoms with Crippen molar-refractivity contribution in [3.8, 4) is 0 Å². The molecule has 142 valence electrons. The third kappa shape index (κ3) is 8.60. The normalized spacial score (nSPS) is 14.2. The first-order valence-electron chi connectivity index (χ1n) is 9.03. The van der Waals surface area contributed by atoms with E-state index < -0.39 is 17.9 Å². The zero-order valence-corrected chi connectivity index (χ0v) is 15.9. The minimum Gasteiger partial charge on any atom is -0.481 e. The number of rotatable bonds is 11. The van der Waals surface area contributed by atoms with E-state index in [-0.39, 0.29) is 18.9 Å². The van der Waals surface area contributed by atoms with Gasteiger partial charge in [-0.25, -0.2) is 0 Å². The summed E-state index contributed by atoms with van der Waals surface area (Å²) in [6.45, 7) is 6.20. The van der Waals surface area contributed by atoms with Gasteiger partial charge in [0.2, 0.25) is 0 Å². The molecule has 2 unspecified atom stereocenters. The van der Waals surface area contributed by atoms with E-state index in [1.54, 1.807) is 24.5 Å². The van der Waals surface area contributed by atoms with Crippen molar-refractivity contribution in [1.29, 1.82) is 0 Å². The highest BCUT2D eigenvalue weighted by Gasteiger charge is 2.27. The van der Waals surface area contributed by atoms with E-state index in [9.17, 15) is 9.59 Å². The van der Waals surface area contributed by atoms with E-state index >= 15 is 0 Å². The van der Waals surface area contributed by atoms with Crippen LogP contribution in [0.15, 0.2) is 48.3 Å². The number of esters is 1. The van der Waals surface area contributed by atoms with Crippen LogP contribution in [-0.2, 0) is 20.9 Å². The Morgan fingerprint density at radius 2 is 1.96 bits per heavy atom. The Bertz CT molecular complexity index is 622. The topological polar surface area (TPSA) is 76.5 Å². The number of carboxylic acids is 1. The van der Waals surface area contributed by atoms with E-state index in [0.717, 1.165) is 24.8 Å². The number of allylic oxidation sites excluding steroid dienone is 4. The van der Waals surface area contributed by atoms with Gasteiger partial charge in [-0.3, -0.25) is 14.6 Å². The standard InChI is InChI=1S/C21H29NO4/c1-4-16(2)8-6-5-7-9-17(3)19(14-20(23)24)21(25)26-15-18-10-12-22-13-11-18/h7-13,17,19H,4-6,14-15H2,1-3H3,(H,23,24)/b9-7-,16-8-. The van der Waals surface area contributed by atoms with Crippen LogP contribution in [0.5, 0.6) is 0 Å². The van der Waals surface area contributed by atoms with Crippen molar-refractivity contribution in [2.24, 2.45) is 11.8 Å². The predicted octanol–water partition coefficient (Wildman–Crippen LogP) is 4.54. The molecule has 0 aliphatic carbocycles. The molecule has 0 aliphatic heterocycles. The summed E-state index contributed by atoms with van der Waals surface area (Å²) in [6.07, 6.45) is 12.0. The number of carbonyl (C=O) groups excluding carboxylic acids is 1. The zero-order valence-electron chi connectivity index (χ0n) is 15.9. The smallest absolute Gasteiger partial charge is 0.310 e. The Hall–Kier alpha value is -2.43. The third-order valence-electron chi connectivity index (χ3n) is 4.29.